The van der Waals surface area contributed by atoms with E-state index in [0.717, 1.165) is 11.0 Å². The van der Waals surface area contributed by atoms with E-state index in [1.807, 2.05) is 13.0 Å². The van der Waals surface area contributed by atoms with Gasteiger partial charge in [-0.3, -0.25) is 0 Å². The first-order valence-corrected chi connectivity index (χ1v) is 5.06. The van der Waals surface area contributed by atoms with E-state index in [1.165, 1.54) is 11.1 Å². The monoisotopic (exact) mass is 205 g/mol. The van der Waals surface area contributed by atoms with Gasteiger partial charge in [-0.25, -0.2) is 4.68 Å². The van der Waals surface area contributed by atoms with E-state index in [2.05, 4.69) is 30.2 Å². The Hall–Kier alpha value is -1.42. The number of fused-ring (bicyclic) bond motifs is 1. The second kappa shape index (κ2) is 3.62. The Morgan fingerprint density at radius 1 is 1.33 bits per heavy atom. The van der Waals surface area contributed by atoms with Crippen LogP contribution in [0.3, 0.4) is 0 Å². The first-order valence-electron chi connectivity index (χ1n) is 5.06. The Kier molecular flexibility index (Phi) is 2.44. The molecule has 0 saturated carbocycles. The van der Waals surface area contributed by atoms with Gasteiger partial charge in [-0.15, -0.1) is 5.10 Å². The Labute approximate surface area is 88.5 Å². The third-order valence-electron chi connectivity index (χ3n) is 2.77. The van der Waals surface area contributed by atoms with Crippen molar-refractivity contribution in [2.75, 3.05) is 6.61 Å². The van der Waals surface area contributed by atoms with Gasteiger partial charge in [0.2, 0.25) is 0 Å². The van der Waals surface area contributed by atoms with Crippen molar-refractivity contribution >= 4 is 11.0 Å². The molecule has 1 N–H and O–H groups in total. The van der Waals surface area contributed by atoms with Gasteiger partial charge in [0.1, 0.15) is 5.52 Å². The predicted molar refractivity (Wildman–Crippen MR) is 58.8 cm³/mol. The van der Waals surface area contributed by atoms with Crippen LogP contribution in [-0.4, -0.2) is 26.7 Å². The molecule has 0 aliphatic rings. The molecular weight excluding hydrogens is 190 g/mol. The molecule has 4 nitrogen and oxygen atoms in total. The molecule has 0 saturated heterocycles. The average molecular weight is 205 g/mol. The first-order chi connectivity index (χ1) is 7.13. The molecule has 1 heterocycles. The van der Waals surface area contributed by atoms with Gasteiger partial charge in [0.25, 0.3) is 0 Å². The van der Waals surface area contributed by atoms with Crippen molar-refractivity contribution in [2.45, 2.75) is 26.8 Å². The summed E-state index contributed by atoms with van der Waals surface area (Å²) in [4.78, 5) is 0. The molecule has 0 radical (unpaired) electrons. The van der Waals surface area contributed by atoms with Gasteiger partial charge in [0.05, 0.1) is 18.2 Å². The number of aromatic nitrogens is 3. The number of hydrogen-bond acceptors (Lipinski definition) is 3. The minimum absolute atomic E-state index is 0.0305. The van der Waals surface area contributed by atoms with Crippen molar-refractivity contribution < 1.29 is 5.11 Å². The van der Waals surface area contributed by atoms with E-state index in [0.29, 0.717) is 0 Å². The summed E-state index contributed by atoms with van der Waals surface area (Å²) in [5, 5.41) is 17.2. The van der Waals surface area contributed by atoms with Gasteiger partial charge < -0.3 is 5.11 Å². The zero-order valence-electron chi connectivity index (χ0n) is 9.23. The Morgan fingerprint density at radius 3 is 2.67 bits per heavy atom. The molecule has 1 aromatic carbocycles. The fourth-order valence-electron chi connectivity index (χ4n) is 1.60. The van der Waals surface area contributed by atoms with Gasteiger partial charge >= 0.3 is 0 Å². The normalized spacial score (nSPS) is 13.3. The molecule has 0 bridgehead atoms. The first kappa shape index (κ1) is 10.1. The molecular formula is C11H15N3O. The molecule has 0 unspecified atom stereocenters. The summed E-state index contributed by atoms with van der Waals surface area (Å²) in [6.45, 7) is 6.12. The SMILES string of the molecule is Cc1cc2nnn([C@H](C)CO)c2cc1C. The van der Waals surface area contributed by atoms with E-state index in [1.54, 1.807) is 4.68 Å². The number of rotatable bonds is 2. The highest BCUT2D eigenvalue weighted by Gasteiger charge is 2.10. The maximum absolute atomic E-state index is 9.10. The fraction of sp³-hybridized carbons (Fsp3) is 0.455. The van der Waals surface area contributed by atoms with Crippen molar-refractivity contribution in [3.63, 3.8) is 0 Å². The summed E-state index contributed by atoms with van der Waals surface area (Å²) < 4.78 is 1.77. The van der Waals surface area contributed by atoms with Crippen molar-refractivity contribution in [3.05, 3.63) is 23.3 Å². The molecule has 1 aromatic heterocycles. The standard InChI is InChI=1S/C11H15N3O/c1-7-4-10-11(5-8(7)2)14(13-12-10)9(3)6-15/h4-5,9,15H,6H2,1-3H3/t9-/m1/s1. The number of aryl methyl sites for hydroxylation is 2. The molecule has 80 valence electrons. The molecule has 1 atom stereocenters. The zero-order valence-corrected chi connectivity index (χ0v) is 9.23. The van der Waals surface area contributed by atoms with Crippen LogP contribution >= 0.6 is 0 Å². The highest BCUT2D eigenvalue weighted by atomic mass is 16.3. The fourth-order valence-corrected chi connectivity index (χ4v) is 1.60. The lowest BCUT2D eigenvalue weighted by atomic mass is 10.1. The van der Waals surface area contributed by atoms with E-state index in [9.17, 15) is 0 Å². The maximum atomic E-state index is 9.10. The molecule has 0 aliphatic heterocycles. The molecule has 4 heteroatoms. The van der Waals surface area contributed by atoms with Gasteiger partial charge in [0.15, 0.2) is 0 Å². The van der Waals surface area contributed by atoms with Gasteiger partial charge in [0, 0.05) is 0 Å². The molecule has 0 aliphatic carbocycles. The van der Waals surface area contributed by atoms with Gasteiger partial charge in [-0.1, -0.05) is 5.21 Å². The van der Waals surface area contributed by atoms with Crippen LogP contribution in [-0.2, 0) is 0 Å². The number of hydrogen-bond donors (Lipinski definition) is 1. The highest BCUT2D eigenvalue weighted by molar-refractivity contribution is 5.76. The van der Waals surface area contributed by atoms with E-state index >= 15 is 0 Å². The summed E-state index contributed by atoms with van der Waals surface area (Å²) in [5.74, 6) is 0. The Balaban J connectivity index is 2.64. The second-order valence-electron chi connectivity index (χ2n) is 3.99. The van der Waals surface area contributed by atoms with E-state index in [4.69, 9.17) is 5.11 Å². The van der Waals surface area contributed by atoms with Crippen molar-refractivity contribution in [3.8, 4) is 0 Å². The predicted octanol–water partition coefficient (Wildman–Crippen LogP) is 1.60. The maximum Gasteiger partial charge on any atom is 0.113 e. The van der Waals surface area contributed by atoms with Crippen LogP contribution in [0.1, 0.15) is 24.1 Å². The molecule has 2 aromatic rings. The van der Waals surface area contributed by atoms with Crippen molar-refractivity contribution in [1.29, 1.82) is 0 Å². The average Bonchev–Trinajstić information content (AvgIpc) is 2.61. The lowest BCUT2D eigenvalue weighted by molar-refractivity contribution is 0.231. The van der Waals surface area contributed by atoms with Crippen LogP contribution in [0.15, 0.2) is 12.1 Å². The molecule has 0 spiro atoms. The van der Waals surface area contributed by atoms with Crippen molar-refractivity contribution in [2.24, 2.45) is 0 Å². The van der Waals surface area contributed by atoms with Crippen LogP contribution in [0, 0.1) is 13.8 Å². The smallest absolute Gasteiger partial charge is 0.113 e. The minimum Gasteiger partial charge on any atom is -0.394 e. The second-order valence-corrected chi connectivity index (χ2v) is 3.99. The summed E-state index contributed by atoms with van der Waals surface area (Å²) in [7, 11) is 0. The Bertz CT molecular complexity index is 490. The van der Waals surface area contributed by atoms with Gasteiger partial charge in [-0.05, 0) is 44.0 Å². The van der Waals surface area contributed by atoms with E-state index in [-0.39, 0.29) is 12.6 Å². The Morgan fingerprint density at radius 2 is 2.00 bits per heavy atom. The van der Waals surface area contributed by atoms with Crippen LogP contribution in [0.2, 0.25) is 0 Å². The van der Waals surface area contributed by atoms with Crippen LogP contribution in [0.4, 0.5) is 0 Å². The van der Waals surface area contributed by atoms with Crippen LogP contribution in [0.5, 0.6) is 0 Å². The molecule has 0 amide bonds. The number of benzene rings is 1. The van der Waals surface area contributed by atoms with Gasteiger partial charge in [-0.2, -0.15) is 0 Å². The summed E-state index contributed by atoms with van der Waals surface area (Å²) in [6.07, 6.45) is 0. The quantitative estimate of drug-likeness (QED) is 0.810. The number of nitrogens with zero attached hydrogens (tertiary/aromatic N) is 3. The summed E-state index contributed by atoms with van der Waals surface area (Å²) >= 11 is 0. The number of aliphatic hydroxyl groups is 1. The lowest BCUT2D eigenvalue weighted by Gasteiger charge is -2.09. The lowest BCUT2D eigenvalue weighted by Crippen LogP contribution is -2.10. The van der Waals surface area contributed by atoms with Crippen LogP contribution < -0.4 is 0 Å². The summed E-state index contributed by atoms with van der Waals surface area (Å²) in [5.41, 5.74) is 4.31. The third kappa shape index (κ3) is 1.61. The molecule has 0 fully saturated rings. The van der Waals surface area contributed by atoms with E-state index < -0.39 is 0 Å². The zero-order chi connectivity index (χ0) is 11.0. The number of aliphatic hydroxyl groups excluding tert-OH is 1. The third-order valence-corrected chi connectivity index (χ3v) is 2.77. The molecule has 15 heavy (non-hydrogen) atoms. The minimum atomic E-state index is -0.0305. The summed E-state index contributed by atoms with van der Waals surface area (Å²) in [6, 6.07) is 4.06. The van der Waals surface area contributed by atoms with Crippen molar-refractivity contribution in [1.82, 2.24) is 15.0 Å². The van der Waals surface area contributed by atoms with Crippen LogP contribution in [0.25, 0.3) is 11.0 Å². The molecule has 2 rings (SSSR count). The topological polar surface area (TPSA) is 50.9 Å². The highest BCUT2D eigenvalue weighted by Crippen LogP contribution is 2.19. The largest absolute Gasteiger partial charge is 0.394 e.